The second-order valence-electron chi connectivity index (χ2n) is 12.7. The molecule has 2 aromatic heterocycles. The molecule has 3 heterocycles. The van der Waals surface area contributed by atoms with E-state index in [1.165, 1.54) is 6.33 Å². The quantitative estimate of drug-likeness (QED) is 0.146. The van der Waals surface area contributed by atoms with E-state index in [1.807, 2.05) is 116 Å². The van der Waals surface area contributed by atoms with Crippen molar-refractivity contribution in [3.63, 3.8) is 0 Å². The Balaban J connectivity index is 1.19. The van der Waals surface area contributed by atoms with Crippen molar-refractivity contribution in [1.82, 2.24) is 19.5 Å². The van der Waals surface area contributed by atoms with Crippen LogP contribution in [0, 0.1) is 5.92 Å². The van der Waals surface area contributed by atoms with Crippen LogP contribution in [-0.2, 0) is 26.3 Å². The lowest BCUT2D eigenvalue weighted by Crippen LogP contribution is -2.38. The summed E-state index contributed by atoms with van der Waals surface area (Å²) in [7, 11) is 3.24. The fourth-order valence-electron chi connectivity index (χ4n) is 6.76. The van der Waals surface area contributed by atoms with E-state index in [4.69, 9.17) is 18.9 Å². The van der Waals surface area contributed by atoms with Crippen LogP contribution < -0.4 is 20.3 Å². The van der Waals surface area contributed by atoms with Crippen molar-refractivity contribution in [1.29, 1.82) is 0 Å². The third-order valence-electron chi connectivity index (χ3n) is 9.49. The van der Waals surface area contributed by atoms with E-state index in [1.54, 1.807) is 18.8 Å². The molecule has 1 amide bonds. The predicted octanol–water partition coefficient (Wildman–Crippen LogP) is 5.22. The number of amides is 1. The first kappa shape index (κ1) is 34.6. The van der Waals surface area contributed by atoms with E-state index < -0.39 is 35.5 Å². The number of carbonyl (C=O) groups is 1. The Labute approximate surface area is 300 Å². The Morgan fingerprint density at radius 3 is 2.06 bits per heavy atom. The van der Waals surface area contributed by atoms with Gasteiger partial charge in [0.15, 0.2) is 11.2 Å². The Bertz CT molecular complexity index is 2140. The van der Waals surface area contributed by atoms with Crippen LogP contribution >= 0.6 is 0 Å². The van der Waals surface area contributed by atoms with Crippen LogP contribution in [0.5, 0.6) is 11.5 Å². The fourth-order valence-corrected chi connectivity index (χ4v) is 6.76. The molecular weight excluding hydrogens is 662 g/mol. The largest absolute Gasteiger partial charge is 0.497 e. The molecule has 52 heavy (non-hydrogen) atoms. The molecule has 4 aromatic carbocycles. The molecule has 0 aliphatic carbocycles. The molecule has 1 saturated heterocycles. The first-order valence-corrected chi connectivity index (χ1v) is 16.9. The van der Waals surface area contributed by atoms with Crippen LogP contribution in [0.15, 0.2) is 120 Å². The third kappa shape index (κ3) is 6.66. The van der Waals surface area contributed by atoms with E-state index in [2.05, 4.69) is 20.3 Å². The van der Waals surface area contributed by atoms with E-state index >= 15 is 0 Å². The average Bonchev–Trinajstić information content (AvgIpc) is 3.72. The zero-order valence-corrected chi connectivity index (χ0v) is 28.9. The van der Waals surface area contributed by atoms with Gasteiger partial charge in [-0.05, 0) is 46.5 Å². The number of carbonyl (C=O) groups excluding carboxylic acids is 1. The van der Waals surface area contributed by atoms with Gasteiger partial charge in [-0.1, -0.05) is 91.9 Å². The molecule has 0 spiro atoms. The van der Waals surface area contributed by atoms with Crippen molar-refractivity contribution in [3.8, 4) is 11.5 Å². The molecular formula is C40H39N5O7. The number of nitrogens with zero attached hydrogens (tertiary/aromatic N) is 3. The van der Waals surface area contributed by atoms with Gasteiger partial charge in [0.2, 0.25) is 11.9 Å². The highest BCUT2D eigenvalue weighted by Crippen LogP contribution is 2.43. The second-order valence-corrected chi connectivity index (χ2v) is 12.7. The highest BCUT2D eigenvalue weighted by molar-refractivity contribution is 5.91. The van der Waals surface area contributed by atoms with Crippen LogP contribution in [0.4, 0.5) is 5.95 Å². The van der Waals surface area contributed by atoms with Crippen LogP contribution in [0.1, 0.15) is 35.4 Å². The zero-order chi connectivity index (χ0) is 36.2. The summed E-state index contributed by atoms with van der Waals surface area (Å²) in [5, 5.41) is 14.3. The number of aliphatic hydroxyl groups excluding tert-OH is 1. The van der Waals surface area contributed by atoms with Gasteiger partial charge < -0.3 is 24.1 Å². The number of hydrogen-bond acceptors (Lipinski definition) is 9. The normalized spacial score (nSPS) is 18.7. The molecule has 0 bridgehead atoms. The molecule has 1 aliphatic heterocycles. The highest BCUT2D eigenvalue weighted by Gasteiger charge is 2.45. The van der Waals surface area contributed by atoms with E-state index in [0.29, 0.717) is 11.5 Å². The van der Waals surface area contributed by atoms with Gasteiger partial charge in [0.1, 0.15) is 29.4 Å². The Morgan fingerprint density at radius 2 is 1.46 bits per heavy atom. The summed E-state index contributed by atoms with van der Waals surface area (Å²) in [5.74, 6) is 0.596. The first-order chi connectivity index (χ1) is 25.3. The van der Waals surface area contributed by atoms with Gasteiger partial charge in [0.25, 0.3) is 5.56 Å². The summed E-state index contributed by atoms with van der Waals surface area (Å²) in [6, 6.07) is 34.5. The topological polar surface area (TPSA) is 150 Å². The zero-order valence-electron chi connectivity index (χ0n) is 28.9. The number of imidazole rings is 1. The molecule has 0 saturated carbocycles. The number of fused-ring (bicyclic) bond motifs is 1. The van der Waals surface area contributed by atoms with Crippen molar-refractivity contribution in [2.24, 2.45) is 5.92 Å². The van der Waals surface area contributed by atoms with Crippen LogP contribution in [0.25, 0.3) is 11.2 Å². The summed E-state index contributed by atoms with van der Waals surface area (Å²) in [4.78, 5) is 37.3. The van der Waals surface area contributed by atoms with Gasteiger partial charge in [-0.25, -0.2) is 4.98 Å². The number of aliphatic hydroxyl groups is 1. The molecule has 266 valence electrons. The van der Waals surface area contributed by atoms with Crippen molar-refractivity contribution in [3.05, 3.63) is 148 Å². The van der Waals surface area contributed by atoms with E-state index in [-0.39, 0.29) is 36.0 Å². The molecule has 12 heteroatoms. The van der Waals surface area contributed by atoms with Gasteiger partial charge in [0.05, 0.1) is 39.7 Å². The summed E-state index contributed by atoms with van der Waals surface area (Å²) >= 11 is 0. The van der Waals surface area contributed by atoms with Gasteiger partial charge in [-0.2, -0.15) is 4.98 Å². The molecule has 7 rings (SSSR count). The van der Waals surface area contributed by atoms with Gasteiger partial charge in [0, 0.05) is 5.92 Å². The second kappa shape index (κ2) is 14.8. The number of rotatable bonds is 12. The van der Waals surface area contributed by atoms with Gasteiger partial charge in [-0.3, -0.25) is 24.5 Å². The number of nitrogens with one attached hydrogen (secondary N) is 2. The van der Waals surface area contributed by atoms with Gasteiger partial charge in [-0.15, -0.1) is 0 Å². The number of methoxy groups -OCH3 is 2. The fraction of sp³-hybridized carbons (Fsp3) is 0.250. The standard InChI is InChI=1S/C40H39N5O7/c1-25-35(47)32(52-38(25)45-24-41-34-36(45)43-39(44-37(34)48)42-33(46)22-26-10-6-4-7-11-26)23-51-40(27-12-8-5-9-13-27,28-14-18-30(49-2)19-15-28)29-16-20-31(50-3)21-17-29/h4-21,24-25,32,35,38,47H,22-23H2,1-3H3,(H2,42,43,44,46,48)/t25?,32-,35-,38-/m1/s1. The molecule has 1 aliphatic rings. The number of aromatic amines is 1. The minimum absolute atomic E-state index is 0.00358. The first-order valence-electron chi connectivity index (χ1n) is 16.9. The third-order valence-corrected chi connectivity index (χ3v) is 9.49. The maximum Gasteiger partial charge on any atom is 0.280 e. The average molecular weight is 702 g/mol. The monoisotopic (exact) mass is 701 g/mol. The summed E-state index contributed by atoms with van der Waals surface area (Å²) in [6.45, 7) is 1.85. The van der Waals surface area contributed by atoms with Crippen LogP contribution in [0.3, 0.4) is 0 Å². The number of aromatic nitrogens is 4. The lowest BCUT2D eigenvalue weighted by molar-refractivity contribution is -0.115. The molecule has 3 N–H and O–H groups in total. The molecule has 4 atom stereocenters. The number of H-pyrrole nitrogens is 1. The van der Waals surface area contributed by atoms with Crippen LogP contribution in [-0.4, -0.2) is 63.6 Å². The number of hydrogen-bond donors (Lipinski definition) is 3. The molecule has 12 nitrogen and oxygen atoms in total. The summed E-state index contributed by atoms with van der Waals surface area (Å²) < 4.78 is 26.1. The lowest BCUT2D eigenvalue weighted by Gasteiger charge is -2.37. The highest BCUT2D eigenvalue weighted by atomic mass is 16.6. The van der Waals surface area contributed by atoms with E-state index in [0.717, 1.165) is 22.3 Å². The van der Waals surface area contributed by atoms with E-state index in [9.17, 15) is 14.7 Å². The Morgan fingerprint density at radius 1 is 0.885 bits per heavy atom. The van der Waals surface area contributed by atoms with Crippen molar-refractivity contribution >= 4 is 23.0 Å². The van der Waals surface area contributed by atoms with Crippen LogP contribution in [0.2, 0.25) is 0 Å². The Hall–Kier alpha value is -5.82. The number of ether oxygens (including phenoxy) is 4. The van der Waals surface area contributed by atoms with Crippen molar-refractivity contribution < 1.29 is 28.8 Å². The van der Waals surface area contributed by atoms with Crippen molar-refractivity contribution in [2.75, 3.05) is 26.1 Å². The number of anilines is 1. The number of benzene rings is 4. The molecule has 1 unspecified atom stereocenters. The molecule has 6 aromatic rings. The summed E-state index contributed by atoms with van der Waals surface area (Å²) in [6.07, 6.45) is -0.902. The van der Waals surface area contributed by atoms with Gasteiger partial charge >= 0.3 is 0 Å². The minimum atomic E-state index is -1.12. The Kier molecular flexibility index (Phi) is 9.86. The molecule has 0 radical (unpaired) electrons. The maximum atomic E-state index is 13.0. The molecule has 1 fully saturated rings. The minimum Gasteiger partial charge on any atom is -0.497 e. The smallest absolute Gasteiger partial charge is 0.280 e. The lowest BCUT2D eigenvalue weighted by atomic mass is 9.80. The predicted molar refractivity (Wildman–Crippen MR) is 194 cm³/mol. The van der Waals surface area contributed by atoms with Crippen molar-refractivity contribution in [2.45, 2.75) is 37.4 Å². The summed E-state index contributed by atoms with van der Waals surface area (Å²) in [5.41, 5.74) is 2.02. The maximum absolute atomic E-state index is 13.0. The SMILES string of the molecule is COc1ccc(C(OC[C@H]2O[C@@H](n3cnc4c(=O)[nH]c(NC(=O)Cc5ccccc5)nc43)C(C)[C@H]2O)(c2ccccc2)c2ccc(OC)cc2)cc1.